The van der Waals surface area contributed by atoms with E-state index in [1.807, 2.05) is 0 Å². The molecule has 2 nitrogen and oxygen atoms in total. The Bertz CT molecular complexity index is 259. The largest absolute Gasteiger partial charge is 0.384 e. The van der Waals surface area contributed by atoms with Crippen LogP contribution in [0.2, 0.25) is 0 Å². The smallest absolute Gasteiger partial charge is 0.121 e. The summed E-state index contributed by atoms with van der Waals surface area (Å²) in [5, 5.41) is 0. The van der Waals surface area contributed by atoms with E-state index < -0.39 is 0 Å². The van der Waals surface area contributed by atoms with Crippen molar-refractivity contribution in [3.05, 3.63) is 11.1 Å². The summed E-state index contributed by atoms with van der Waals surface area (Å²) in [6.45, 7) is 5.42. The molecule has 2 heteroatoms. The highest BCUT2D eigenvalue weighted by Crippen LogP contribution is 2.44. The number of nitrogens with two attached hydrogens (primary N) is 1. The number of amidine groups is 1. The van der Waals surface area contributed by atoms with Crippen molar-refractivity contribution in [1.29, 1.82) is 0 Å². The molecule has 0 fully saturated rings. The standard InChI is InChI=1S/C9H14N2/c1-9(2)4-3-6-7(9)5-11-8(6)10/h3-5H2,1-2H3,(H2,10,11). The van der Waals surface area contributed by atoms with Gasteiger partial charge in [0.15, 0.2) is 0 Å². The second kappa shape index (κ2) is 1.87. The van der Waals surface area contributed by atoms with E-state index in [2.05, 4.69) is 18.8 Å². The van der Waals surface area contributed by atoms with Gasteiger partial charge in [-0.1, -0.05) is 13.8 Å². The van der Waals surface area contributed by atoms with Crippen molar-refractivity contribution in [3.63, 3.8) is 0 Å². The summed E-state index contributed by atoms with van der Waals surface area (Å²) in [5.41, 5.74) is 8.92. The molecule has 0 saturated carbocycles. The topological polar surface area (TPSA) is 38.4 Å². The van der Waals surface area contributed by atoms with Crippen molar-refractivity contribution in [2.45, 2.75) is 26.7 Å². The third-order valence-electron chi connectivity index (χ3n) is 2.90. The van der Waals surface area contributed by atoms with E-state index in [0.29, 0.717) is 5.41 Å². The Kier molecular flexibility index (Phi) is 1.17. The minimum absolute atomic E-state index is 0.361. The van der Waals surface area contributed by atoms with Gasteiger partial charge in [-0.25, -0.2) is 0 Å². The Morgan fingerprint density at radius 1 is 1.45 bits per heavy atom. The summed E-state index contributed by atoms with van der Waals surface area (Å²) >= 11 is 0. The van der Waals surface area contributed by atoms with Crippen LogP contribution >= 0.6 is 0 Å². The lowest BCUT2D eigenvalue weighted by molar-refractivity contribution is 0.437. The average molecular weight is 150 g/mol. The van der Waals surface area contributed by atoms with Gasteiger partial charge in [-0.2, -0.15) is 0 Å². The fourth-order valence-electron chi connectivity index (χ4n) is 2.00. The SMILES string of the molecule is CC1(C)CCC2=C1CN=C2N. The lowest BCUT2D eigenvalue weighted by Crippen LogP contribution is -2.10. The van der Waals surface area contributed by atoms with E-state index in [0.717, 1.165) is 18.8 Å². The molecule has 0 radical (unpaired) electrons. The highest BCUT2D eigenvalue weighted by molar-refractivity contribution is 6.00. The minimum atomic E-state index is 0.361. The number of hydrogen-bond donors (Lipinski definition) is 1. The monoisotopic (exact) mass is 150 g/mol. The molecule has 1 aliphatic heterocycles. The maximum atomic E-state index is 5.73. The van der Waals surface area contributed by atoms with Crippen molar-refractivity contribution in [2.24, 2.45) is 16.1 Å². The molecule has 0 bridgehead atoms. The maximum Gasteiger partial charge on any atom is 0.121 e. The van der Waals surface area contributed by atoms with E-state index in [9.17, 15) is 0 Å². The lowest BCUT2D eigenvalue weighted by atomic mass is 9.86. The molecule has 0 aromatic carbocycles. The Balaban J connectivity index is 2.40. The predicted molar refractivity (Wildman–Crippen MR) is 46.5 cm³/mol. The quantitative estimate of drug-likeness (QED) is 0.558. The van der Waals surface area contributed by atoms with Gasteiger partial charge < -0.3 is 5.73 Å². The van der Waals surface area contributed by atoms with E-state index in [-0.39, 0.29) is 0 Å². The van der Waals surface area contributed by atoms with Gasteiger partial charge >= 0.3 is 0 Å². The summed E-state index contributed by atoms with van der Waals surface area (Å²) in [5.74, 6) is 0.797. The Hall–Kier alpha value is -0.790. The van der Waals surface area contributed by atoms with E-state index in [1.54, 1.807) is 0 Å². The number of hydrogen-bond acceptors (Lipinski definition) is 2. The van der Waals surface area contributed by atoms with Gasteiger partial charge in [0.2, 0.25) is 0 Å². The van der Waals surface area contributed by atoms with Crippen molar-refractivity contribution in [2.75, 3.05) is 6.54 Å². The van der Waals surface area contributed by atoms with Gasteiger partial charge in [0.05, 0.1) is 6.54 Å². The average Bonchev–Trinajstić information content (AvgIpc) is 2.39. The Morgan fingerprint density at radius 2 is 2.18 bits per heavy atom. The van der Waals surface area contributed by atoms with Crippen LogP contribution in [0.1, 0.15) is 26.7 Å². The molecule has 0 atom stereocenters. The van der Waals surface area contributed by atoms with E-state index >= 15 is 0 Å². The Morgan fingerprint density at radius 3 is 2.82 bits per heavy atom. The van der Waals surface area contributed by atoms with Crippen LogP contribution < -0.4 is 5.73 Å². The zero-order valence-corrected chi connectivity index (χ0v) is 7.15. The van der Waals surface area contributed by atoms with Crippen molar-refractivity contribution in [1.82, 2.24) is 0 Å². The summed E-state index contributed by atoms with van der Waals surface area (Å²) in [4.78, 5) is 4.24. The zero-order chi connectivity index (χ0) is 8.06. The molecule has 2 aliphatic rings. The van der Waals surface area contributed by atoms with Crippen LogP contribution in [0, 0.1) is 5.41 Å². The first-order chi connectivity index (χ1) is 5.11. The number of aliphatic imine (C=N–C) groups is 1. The molecule has 0 saturated heterocycles. The second-order valence-electron chi connectivity index (χ2n) is 4.04. The molecule has 11 heavy (non-hydrogen) atoms. The highest BCUT2D eigenvalue weighted by Gasteiger charge is 2.35. The zero-order valence-electron chi connectivity index (χ0n) is 7.15. The predicted octanol–water partition coefficient (Wildman–Crippen LogP) is 1.47. The van der Waals surface area contributed by atoms with Gasteiger partial charge in [0.1, 0.15) is 5.84 Å². The molecule has 0 spiro atoms. The van der Waals surface area contributed by atoms with Gasteiger partial charge in [-0.05, 0) is 29.4 Å². The molecule has 1 aliphatic carbocycles. The second-order valence-corrected chi connectivity index (χ2v) is 4.04. The molecule has 0 aromatic rings. The van der Waals surface area contributed by atoms with Crippen LogP contribution in [0.15, 0.2) is 16.1 Å². The van der Waals surface area contributed by atoms with Crippen LogP contribution in [0.4, 0.5) is 0 Å². The van der Waals surface area contributed by atoms with Gasteiger partial charge in [0, 0.05) is 0 Å². The Labute approximate surface area is 67.2 Å². The first-order valence-electron chi connectivity index (χ1n) is 4.14. The summed E-state index contributed by atoms with van der Waals surface area (Å²) in [6, 6.07) is 0. The summed E-state index contributed by atoms with van der Waals surface area (Å²) in [6.07, 6.45) is 2.38. The molecule has 0 amide bonds. The molecule has 0 unspecified atom stereocenters. The molecule has 60 valence electrons. The van der Waals surface area contributed by atoms with E-state index in [1.165, 1.54) is 17.6 Å². The summed E-state index contributed by atoms with van der Waals surface area (Å²) < 4.78 is 0. The first kappa shape index (κ1) is 6.89. The fourth-order valence-corrected chi connectivity index (χ4v) is 2.00. The normalized spacial score (nSPS) is 27.3. The van der Waals surface area contributed by atoms with Crippen LogP contribution in [0.3, 0.4) is 0 Å². The summed E-state index contributed by atoms with van der Waals surface area (Å²) in [7, 11) is 0. The molecule has 1 heterocycles. The number of nitrogens with zero attached hydrogens (tertiary/aromatic N) is 1. The van der Waals surface area contributed by atoms with Crippen molar-refractivity contribution < 1.29 is 0 Å². The fraction of sp³-hybridized carbons (Fsp3) is 0.667. The highest BCUT2D eigenvalue weighted by atomic mass is 14.9. The van der Waals surface area contributed by atoms with Gasteiger partial charge in [0.25, 0.3) is 0 Å². The van der Waals surface area contributed by atoms with E-state index in [4.69, 9.17) is 5.73 Å². The van der Waals surface area contributed by atoms with Crippen molar-refractivity contribution in [3.8, 4) is 0 Å². The van der Waals surface area contributed by atoms with Crippen LogP contribution in [-0.2, 0) is 0 Å². The third kappa shape index (κ3) is 0.817. The molecule has 2 N–H and O–H groups in total. The molecule has 2 rings (SSSR count). The van der Waals surface area contributed by atoms with Crippen LogP contribution in [0.25, 0.3) is 0 Å². The van der Waals surface area contributed by atoms with Gasteiger partial charge in [-0.3, -0.25) is 4.99 Å². The minimum Gasteiger partial charge on any atom is -0.384 e. The molecular weight excluding hydrogens is 136 g/mol. The van der Waals surface area contributed by atoms with Crippen LogP contribution in [0.5, 0.6) is 0 Å². The molecule has 0 aromatic heterocycles. The van der Waals surface area contributed by atoms with Gasteiger partial charge in [-0.15, -0.1) is 0 Å². The van der Waals surface area contributed by atoms with Crippen LogP contribution in [-0.4, -0.2) is 12.4 Å². The first-order valence-corrected chi connectivity index (χ1v) is 4.14. The van der Waals surface area contributed by atoms with Crippen molar-refractivity contribution >= 4 is 5.84 Å². The molecular formula is C9H14N2. The maximum absolute atomic E-state index is 5.73. The number of rotatable bonds is 0. The third-order valence-corrected chi connectivity index (χ3v) is 2.90. The lowest BCUT2D eigenvalue weighted by Gasteiger charge is -2.19.